The van der Waals surface area contributed by atoms with E-state index in [1.54, 1.807) is 0 Å². The number of rotatable bonds is 3. The third-order valence-corrected chi connectivity index (χ3v) is 3.37. The molecule has 0 fully saturated rings. The first-order valence-corrected chi connectivity index (χ1v) is 6.08. The summed E-state index contributed by atoms with van der Waals surface area (Å²) in [5, 5.41) is 8.17. The number of aryl methyl sites for hydroxylation is 1. The highest BCUT2D eigenvalue weighted by atomic mass is 15.3. The first-order chi connectivity index (χ1) is 7.24. The Labute approximate surface area is 91.9 Å². The first-order valence-electron chi connectivity index (χ1n) is 6.08. The number of hydrogen-bond donors (Lipinski definition) is 1. The average molecular weight is 207 g/mol. The van der Waals surface area contributed by atoms with E-state index in [-0.39, 0.29) is 0 Å². The molecule has 1 unspecified atom stereocenters. The van der Waals surface area contributed by atoms with Gasteiger partial charge in [0.25, 0.3) is 0 Å². The first kappa shape index (κ1) is 10.5. The maximum absolute atomic E-state index is 4.68. The van der Waals surface area contributed by atoms with Gasteiger partial charge in [-0.05, 0) is 26.2 Å². The van der Waals surface area contributed by atoms with Crippen LogP contribution in [0.25, 0.3) is 0 Å². The van der Waals surface area contributed by atoms with Crippen LogP contribution >= 0.6 is 0 Å². The SMILES string of the molecule is CCC(CC)c1cc2n(n1)CCC(C)N2. The van der Waals surface area contributed by atoms with Crippen molar-refractivity contribution in [3.8, 4) is 0 Å². The number of aromatic nitrogens is 2. The van der Waals surface area contributed by atoms with Crippen LogP contribution in [0, 0.1) is 0 Å². The fourth-order valence-electron chi connectivity index (χ4n) is 2.27. The van der Waals surface area contributed by atoms with Gasteiger partial charge in [-0.25, -0.2) is 4.68 Å². The van der Waals surface area contributed by atoms with Crippen molar-refractivity contribution in [2.75, 3.05) is 5.32 Å². The standard InChI is InChI=1S/C12H21N3/c1-4-10(5-2)11-8-12-13-9(3)6-7-15(12)14-11/h8-10,13H,4-7H2,1-3H3. The Morgan fingerprint density at radius 2 is 2.27 bits per heavy atom. The van der Waals surface area contributed by atoms with Gasteiger partial charge in [-0.1, -0.05) is 13.8 Å². The lowest BCUT2D eigenvalue weighted by atomic mass is 10.00. The summed E-state index contributed by atoms with van der Waals surface area (Å²) in [7, 11) is 0. The average Bonchev–Trinajstić information content (AvgIpc) is 2.62. The predicted octanol–water partition coefficient (Wildman–Crippen LogP) is 2.99. The smallest absolute Gasteiger partial charge is 0.124 e. The Hall–Kier alpha value is -0.990. The van der Waals surface area contributed by atoms with Crippen LogP contribution in [0.5, 0.6) is 0 Å². The Bertz CT molecular complexity index is 326. The van der Waals surface area contributed by atoms with Gasteiger partial charge in [-0.2, -0.15) is 5.10 Å². The van der Waals surface area contributed by atoms with Gasteiger partial charge < -0.3 is 5.32 Å². The molecule has 1 aliphatic heterocycles. The normalized spacial score (nSPS) is 20.1. The lowest BCUT2D eigenvalue weighted by molar-refractivity contribution is 0.500. The molecule has 0 spiro atoms. The molecular weight excluding hydrogens is 186 g/mol. The molecule has 1 aromatic heterocycles. The van der Waals surface area contributed by atoms with Gasteiger partial charge in [0, 0.05) is 24.6 Å². The number of nitrogens with zero attached hydrogens (tertiary/aromatic N) is 2. The van der Waals surface area contributed by atoms with Gasteiger partial charge in [0.2, 0.25) is 0 Å². The summed E-state index contributed by atoms with van der Waals surface area (Å²) in [4.78, 5) is 0. The number of nitrogens with one attached hydrogen (secondary N) is 1. The monoisotopic (exact) mass is 207 g/mol. The highest BCUT2D eigenvalue weighted by molar-refractivity contribution is 5.40. The summed E-state index contributed by atoms with van der Waals surface area (Å²) in [6.07, 6.45) is 3.54. The van der Waals surface area contributed by atoms with Crippen LogP contribution in [0.2, 0.25) is 0 Å². The van der Waals surface area contributed by atoms with Crippen LogP contribution in [0.3, 0.4) is 0 Å². The molecule has 0 aliphatic carbocycles. The highest BCUT2D eigenvalue weighted by Gasteiger charge is 2.18. The summed E-state index contributed by atoms with van der Waals surface area (Å²) in [6.45, 7) is 7.77. The van der Waals surface area contributed by atoms with E-state index in [4.69, 9.17) is 0 Å². The minimum atomic E-state index is 0.587. The maximum atomic E-state index is 4.68. The molecule has 15 heavy (non-hydrogen) atoms. The lowest BCUT2D eigenvalue weighted by Crippen LogP contribution is -2.25. The second-order valence-electron chi connectivity index (χ2n) is 4.53. The van der Waals surface area contributed by atoms with E-state index in [0.717, 1.165) is 6.54 Å². The van der Waals surface area contributed by atoms with E-state index in [2.05, 4.69) is 41.9 Å². The van der Waals surface area contributed by atoms with Gasteiger partial charge in [-0.3, -0.25) is 0 Å². The summed E-state index contributed by atoms with van der Waals surface area (Å²) in [6, 6.07) is 2.82. The van der Waals surface area contributed by atoms with Gasteiger partial charge in [-0.15, -0.1) is 0 Å². The van der Waals surface area contributed by atoms with E-state index in [0.29, 0.717) is 12.0 Å². The largest absolute Gasteiger partial charge is 0.368 e. The summed E-state index contributed by atoms with van der Waals surface area (Å²) >= 11 is 0. The molecule has 0 aromatic carbocycles. The van der Waals surface area contributed by atoms with Crippen molar-refractivity contribution in [2.24, 2.45) is 0 Å². The molecular formula is C12H21N3. The Balaban J connectivity index is 2.22. The zero-order chi connectivity index (χ0) is 10.8. The van der Waals surface area contributed by atoms with E-state index >= 15 is 0 Å². The molecule has 1 atom stereocenters. The fourth-order valence-corrected chi connectivity index (χ4v) is 2.27. The maximum Gasteiger partial charge on any atom is 0.124 e. The molecule has 0 amide bonds. The minimum Gasteiger partial charge on any atom is -0.368 e. The Kier molecular flexibility index (Phi) is 2.98. The third kappa shape index (κ3) is 2.01. The summed E-state index contributed by atoms with van der Waals surface area (Å²) < 4.78 is 2.12. The number of hydrogen-bond acceptors (Lipinski definition) is 2. The van der Waals surface area contributed by atoms with Gasteiger partial charge in [0.15, 0.2) is 0 Å². The van der Waals surface area contributed by atoms with Gasteiger partial charge in [0.05, 0.1) is 5.69 Å². The van der Waals surface area contributed by atoms with Crippen LogP contribution in [0.1, 0.15) is 51.6 Å². The molecule has 0 radical (unpaired) electrons. The minimum absolute atomic E-state index is 0.587. The predicted molar refractivity (Wildman–Crippen MR) is 63.3 cm³/mol. The van der Waals surface area contributed by atoms with Crippen molar-refractivity contribution in [1.29, 1.82) is 0 Å². The zero-order valence-corrected chi connectivity index (χ0v) is 9.95. The summed E-state index contributed by atoms with van der Waals surface area (Å²) in [5.41, 5.74) is 1.26. The molecule has 1 N–H and O–H groups in total. The van der Waals surface area contributed by atoms with Crippen LogP contribution in [0.4, 0.5) is 5.82 Å². The molecule has 2 rings (SSSR count). The van der Waals surface area contributed by atoms with Gasteiger partial charge in [0.1, 0.15) is 5.82 Å². The Morgan fingerprint density at radius 1 is 1.53 bits per heavy atom. The van der Waals surface area contributed by atoms with Crippen LogP contribution in [-0.4, -0.2) is 15.8 Å². The molecule has 3 nitrogen and oxygen atoms in total. The van der Waals surface area contributed by atoms with Crippen molar-refractivity contribution in [1.82, 2.24) is 9.78 Å². The molecule has 2 heterocycles. The summed E-state index contributed by atoms with van der Waals surface area (Å²) in [5.74, 6) is 1.83. The second-order valence-corrected chi connectivity index (χ2v) is 4.53. The quantitative estimate of drug-likeness (QED) is 0.825. The van der Waals surface area contributed by atoms with E-state index in [1.165, 1.54) is 30.8 Å². The topological polar surface area (TPSA) is 29.9 Å². The zero-order valence-electron chi connectivity index (χ0n) is 9.95. The van der Waals surface area contributed by atoms with Crippen LogP contribution in [0.15, 0.2) is 6.07 Å². The molecule has 0 bridgehead atoms. The van der Waals surface area contributed by atoms with Crippen molar-refractivity contribution in [3.05, 3.63) is 11.8 Å². The van der Waals surface area contributed by atoms with Crippen molar-refractivity contribution < 1.29 is 0 Å². The molecule has 1 aromatic rings. The molecule has 3 heteroatoms. The van der Waals surface area contributed by atoms with E-state index in [9.17, 15) is 0 Å². The number of anilines is 1. The van der Waals surface area contributed by atoms with Gasteiger partial charge >= 0.3 is 0 Å². The van der Waals surface area contributed by atoms with Crippen LogP contribution < -0.4 is 5.32 Å². The van der Waals surface area contributed by atoms with Crippen molar-refractivity contribution in [2.45, 2.75) is 58.5 Å². The van der Waals surface area contributed by atoms with Crippen molar-refractivity contribution in [3.63, 3.8) is 0 Å². The molecule has 0 saturated heterocycles. The van der Waals surface area contributed by atoms with Crippen LogP contribution in [-0.2, 0) is 6.54 Å². The Morgan fingerprint density at radius 3 is 2.93 bits per heavy atom. The third-order valence-electron chi connectivity index (χ3n) is 3.37. The second kappa shape index (κ2) is 4.25. The lowest BCUT2D eigenvalue weighted by Gasteiger charge is -2.21. The number of fused-ring (bicyclic) bond motifs is 1. The molecule has 84 valence electrons. The van der Waals surface area contributed by atoms with Crippen molar-refractivity contribution >= 4 is 5.82 Å². The van der Waals surface area contributed by atoms with E-state index in [1.807, 2.05) is 0 Å². The highest BCUT2D eigenvalue weighted by Crippen LogP contribution is 2.26. The van der Waals surface area contributed by atoms with E-state index < -0.39 is 0 Å². The molecule has 1 aliphatic rings. The fraction of sp³-hybridized carbons (Fsp3) is 0.750. The molecule has 0 saturated carbocycles.